The highest BCUT2D eigenvalue weighted by Gasteiger charge is 2.19. The van der Waals surface area contributed by atoms with Crippen molar-refractivity contribution in [2.24, 2.45) is 5.92 Å². The molecule has 0 aliphatic carbocycles. The number of nitrogens with zero attached hydrogens (tertiary/aromatic N) is 1. The summed E-state index contributed by atoms with van der Waals surface area (Å²) in [6.45, 7) is 2.07. The van der Waals surface area contributed by atoms with Crippen molar-refractivity contribution >= 4 is 22.8 Å². The molecule has 2 aromatic rings. The zero-order valence-electron chi connectivity index (χ0n) is 11.8. The summed E-state index contributed by atoms with van der Waals surface area (Å²) in [4.78, 5) is 28.3. The number of aromatic nitrogens is 1. The molecule has 0 saturated carbocycles. The Bertz CT molecular complexity index is 633. The second-order valence-electron chi connectivity index (χ2n) is 4.89. The van der Waals surface area contributed by atoms with Gasteiger partial charge in [-0.15, -0.1) is 0 Å². The first-order chi connectivity index (χ1) is 9.52. The van der Waals surface area contributed by atoms with Gasteiger partial charge in [-0.2, -0.15) is 0 Å². The number of esters is 1. The predicted octanol–water partition coefficient (Wildman–Crippen LogP) is 2.05. The molecule has 0 aliphatic heterocycles. The second-order valence-corrected chi connectivity index (χ2v) is 4.89. The van der Waals surface area contributed by atoms with Crippen LogP contribution in [0.1, 0.15) is 17.3 Å². The van der Waals surface area contributed by atoms with Crippen LogP contribution in [0.3, 0.4) is 0 Å². The lowest BCUT2D eigenvalue weighted by Crippen LogP contribution is -2.34. The van der Waals surface area contributed by atoms with Gasteiger partial charge in [0.05, 0.1) is 13.0 Å². The summed E-state index contributed by atoms with van der Waals surface area (Å²) in [5.41, 5.74) is 1.60. The number of hydrogen-bond donors (Lipinski definition) is 1. The lowest BCUT2D eigenvalue weighted by Gasteiger charge is -2.20. The molecule has 2 rings (SSSR count). The fraction of sp³-hybridized carbons (Fsp3) is 0.333. The van der Waals surface area contributed by atoms with E-state index in [1.165, 1.54) is 12.0 Å². The number of fused-ring (bicyclic) bond motifs is 1. The first-order valence-corrected chi connectivity index (χ1v) is 6.43. The molecule has 5 heteroatoms. The number of carbonyl (C=O) groups is 2. The van der Waals surface area contributed by atoms with Gasteiger partial charge in [0.2, 0.25) is 0 Å². The van der Waals surface area contributed by atoms with E-state index in [9.17, 15) is 9.59 Å². The third-order valence-electron chi connectivity index (χ3n) is 3.30. The normalized spacial score (nSPS) is 12.2. The van der Waals surface area contributed by atoms with Gasteiger partial charge in [-0.05, 0) is 24.3 Å². The van der Waals surface area contributed by atoms with E-state index in [4.69, 9.17) is 0 Å². The van der Waals surface area contributed by atoms with E-state index in [0.717, 1.165) is 10.9 Å². The minimum atomic E-state index is -0.343. The average molecular weight is 274 g/mol. The largest absolute Gasteiger partial charge is 0.469 e. The Morgan fingerprint density at radius 2 is 2.10 bits per heavy atom. The van der Waals surface area contributed by atoms with Crippen molar-refractivity contribution in [2.45, 2.75) is 6.92 Å². The number of rotatable bonds is 4. The standard InChI is InChI=1S/C15H18N2O3/c1-10(15(19)20-3)9-17(2)14(18)12-4-5-13-11(8-12)6-7-16-13/h4-8,10,16H,9H2,1-3H3. The van der Waals surface area contributed by atoms with Crippen molar-refractivity contribution in [1.29, 1.82) is 0 Å². The Labute approximate surface area is 117 Å². The van der Waals surface area contributed by atoms with Crippen LogP contribution in [0.4, 0.5) is 0 Å². The lowest BCUT2D eigenvalue weighted by atomic mass is 10.1. The van der Waals surface area contributed by atoms with Crippen molar-refractivity contribution < 1.29 is 14.3 Å². The van der Waals surface area contributed by atoms with E-state index >= 15 is 0 Å². The number of carbonyl (C=O) groups excluding carboxylic acids is 2. The lowest BCUT2D eigenvalue weighted by molar-refractivity contribution is -0.145. The maximum Gasteiger partial charge on any atom is 0.310 e. The van der Waals surface area contributed by atoms with Gasteiger partial charge >= 0.3 is 5.97 Å². The molecular weight excluding hydrogens is 256 g/mol. The number of amides is 1. The van der Waals surface area contributed by atoms with E-state index < -0.39 is 0 Å². The fourth-order valence-electron chi connectivity index (χ4n) is 2.18. The van der Waals surface area contributed by atoms with Crippen LogP contribution in [0, 0.1) is 5.92 Å². The molecule has 0 saturated heterocycles. The van der Waals surface area contributed by atoms with E-state index in [0.29, 0.717) is 12.1 Å². The maximum atomic E-state index is 12.3. The van der Waals surface area contributed by atoms with Crippen molar-refractivity contribution in [3.8, 4) is 0 Å². The van der Waals surface area contributed by atoms with Crippen LogP contribution in [0.2, 0.25) is 0 Å². The second kappa shape index (κ2) is 5.77. The first kappa shape index (κ1) is 14.1. The fourth-order valence-corrected chi connectivity index (χ4v) is 2.18. The van der Waals surface area contributed by atoms with E-state index in [1.54, 1.807) is 20.0 Å². The molecular formula is C15H18N2O3. The minimum absolute atomic E-state index is 0.108. The van der Waals surface area contributed by atoms with Gasteiger partial charge in [-0.1, -0.05) is 6.92 Å². The van der Waals surface area contributed by atoms with Gasteiger partial charge < -0.3 is 14.6 Å². The molecule has 106 valence electrons. The Morgan fingerprint density at radius 3 is 2.80 bits per heavy atom. The van der Waals surface area contributed by atoms with E-state index in [-0.39, 0.29) is 17.8 Å². The molecule has 5 nitrogen and oxygen atoms in total. The van der Waals surface area contributed by atoms with Crippen LogP contribution in [0.15, 0.2) is 30.5 Å². The van der Waals surface area contributed by atoms with Crippen LogP contribution in [-0.2, 0) is 9.53 Å². The Hall–Kier alpha value is -2.30. The summed E-state index contributed by atoms with van der Waals surface area (Å²) >= 11 is 0. The summed E-state index contributed by atoms with van der Waals surface area (Å²) in [7, 11) is 3.03. The molecule has 1 N–H and O–H groups in total. The molecule has 1 aromatic heterocycles. The zero-order valence-corrected chi connectivity index (χ0v) is 11.8. The number of aromatic amines is 1. The SMILES string of the molecule is COC(=O)C(C)CN(C)C(=O)c1ccc2[nH]ccc2c1. The maximum absolute atomic E-state index is 12.3. The van der Waals surface area contributed by atoms with Crippen LogP contribution in [-0.4, -0.2) is 42.5 Å². The molecule has 0 spiro atoms. The summed E-state index contributed by atoms with van der Waals surface area (Å²) in [6, 6.07) is 7.41. The Morgan fingerprint density at radius 1 is 1.35 bits per heavy atom. The highest BCUT2D eigenvalue weighted by Crippen LogP contribution is 2.16. The van der Waals surface area contributed by atoms with Crippen molar-refractivity contribution in [3.63, 3.8) is 0 Å². The number of ether oxygens (including phenoxy) is 1. The molecule has 20 heavy (non-hydrogen) atoms. The van der Waals surface area contributed by atoms with Crippen LogP contribution in [0.5, 0.6) is 0 Å². The van der Waals surface area contributed by atoms with Crippen molar-refractivity contribution in [3.05, 3.63) is 36.0 Å². The predicted molar refractivity (Wildman–Crippen MR) is 76.4 cm³/mol. The van der Waals surface area contributed by atoms with Gasteiger partial charge in [-0.3, -0.25) is 9.59 Å². The van der Waals surface area contributed by atoms with E-state index in [1.807, 2.05) is 24.4 Å². The molecule has 0 aliphatic rings. The van der Waals surface area contributed by atoms with Crippen LogP contribution < -0.4 is 0 Å². The summed E-state index contributed by atoms with van der Waals surface area (Å²) in [5, 5.41) is 0.991. The molecule has 1 unspecified atom stereocenters. The highest BCUT2D eigenvalue weighted by molar-refractivity contribution is 5.98. The molecule has 0 radical (unpaired) electrons. The summed E-state index contributed by atoms with van der Waals surface area (Å²) in [5.74, 6) is -0.764. The number of nitrogens with one attached hydrogen (secondary N) is 1. The highest BCUT2D eigenvalue weighted by atomic mass is 16.5. The molecule has 0 fully saturated rings. The van der Waals surface area contributed by atoms with Gasteiger partial charge in [0.1, 0.15) is 0 Å². The van der Waals surface area contributed by atoms with Gasteiger partial charge in [-0.25, -0.2) is 0 Å². The number of H-pyrrole nitrogens is 1. The first-order valence-electron chi connectivity index (χ1n) is 6.43. The molecule has 0 bridgehead atoms. The summed E-state index contributed by atoms with van der Waals surface area (Å²) in [6.07, 6.45) is 1.84. The number of hydrogen-bond acceptors (Lipinski definition) is 3. The van der Waals surface area contributed by atoms with E-state index in [2.05, 4.69) is 9.72 Å². The third-order valence-corrected chi connectivity index (χ3v) is 3.30. The number of methoxy groups -OCH3 is 1. The average Bonchev–Trinajstić information content (AvgIpc) is 2.92. The molecule has 1 atom stereocenters. The summed E-state index contributed by atoms with van der Waals surface area (Å²) < 4.78 is 4.66. The smallest absolute Gasteiger partial charge is 0.310 e. The van der Waals surface area contributed by atoms with Crippen molar-refractivity contribution in [2.75, 3.05) is 20.7 Å². The van der Waals surface area contributed by atoms with Gasteiger partial charge in [0, 0.05) is 36.3 Å². The van der Waals surface area contributed by atoms with Crippen LogP contribution >= 0.6 is 0 Å². The Balaban J connectivity index is 2.11. The van der Waals surface area contributed by atoms with Gasteiger partial charge in [0.25, 0.3) is 5.91 Å². The monoisotopic (exact) mass is 274 g/mol. The van der Waals surface area contributed by atoms with Gasteiger partial charge in [0.15, 0.2) is 0 Å². The molecule has 1 amide bonds. The third kappa shape index (κ3) is 2.82. The van der Waals surface area contributed by atoms with Crippen molar-refractivity contribution in [1.82, 2.24) is 9.88 Å². The quantitative estimate of drug-likeness (QED) is 0.868. The minimum Gasteiger partial charge on any atom is -0.469 e. The topological polar surface area (TPSA) is 62.4 Å². The number of benzene rings is 1. The van der Waals surface area contributed by atoms with Crippen LogP contribution in [0.25, 0.3) is 10.9 Å². The Kier molecular flexibility index (Phi) is 4.08. The molecule has 1 heterocycles. The molecule has 1 aromatic carbocycles. The zero-order chi connectivity index (χ0) is 14.7.